The van der Waals surface area contributed by atoms with Crippen LogP contribution in [0.3, 0.4) is 0 Å². The fourth-order valence-electron chi connectivity index (χ4n) is 11.3. The summed E-state index contributed by atoms with van der Waals surface area (Å²) < 4.78 is 21.1. The van der Waals surface area contributed by atoms with Crippen LogP contribution in [0.15, 0.2) is 182 Å². The largest absolute Gasteiger partial charge is 0.457 e. The molecule has 74 heavy (non-hydrogen) atoms. The van der Waals surface area contributed by atoms with Gasteiger partial charge in [-0.1, -0.05) is 185 Å². The molecule has 0 amide bonds. The van der Waals surface area contributed by atoms with Crippen molar-refractivity contribution in [1.82, 2.24) is 14.1 Å². The molecular formula is C69H66N4O. The summed E-state index contributed by atoms with van der Waals surface area (Å²) in [5, 5.41) is 9.49. The molecule has 0 N–H and O–H groups in total. The Labute approximate surface area is 437 Å². The summed E-state index contributed by atoms with van der Waals surface area (Å²) in [5.74, 6) is 1.59. The molecule has 0 aliphatic carbocycles. The van der Waals surface area contributed by atoms with Crippen molar-refractivity contribution in [3.05, 3.63) is 204 Å². The number of anilines is 2. The van der Waals surface area contributed by atoms with E-state index in [1.165, 1.54) is 49.0 Å². The van der Waals surface area contributed by atoms with Gasteiger partial charge in [-0.25, -0.2) is 4.98 Å². The number of rotatable bonds is 6. The van der Waals surface area contributed by atoms with Crippen LogP contribution in [0.1, 0.15) is 106 Å². The van der Waals surface area contributed by atoms with Gasteiger partial charge >= 0.3 is 0 Å². The molecule has 0 saturated carbocycles. The second-order valence-corrected chi connectivity index (χ2v) is 23.8. The van der Waals surface area contributed by atoms with Gasteiger partial charge in [-0.15, -0.1) is 0 Å². The summed E-state index contributed by atoms with van der Waals surface area (Å²) in [4.78, 5) is 7.38. The maximum atomic E-state index is 9.34. The van der Waals surface area contributed by atoms with Crippen molar-refractivity contribution in [3.63, 3.8) is 0 Å². The average molecular weight is 968 g/mol. The lowest BCUT2D eigenvalue weighted by Crippen LogP contribution is -2.15. The zero-order valence-corrected chi connectivity index (χ0v) is 44.7. The summed E-state index contributed by atoms with van der Waals surface area (Å²) in [6.07, 6.45) is 1.93. The van der Waals surface area contributed by atoms with Crippen molar-refractivity contribution in [2.24, 2.45) is 0 Å². The minimum atomic E-state index is -0.799. The zero-order valence-electron chi connectivity index (χ0n) is 45.7. The molecule has 0 atom stereocenters. The van der Waals surface area contributed by atoms with E-state index in [0.29, 0.717) is 6.67 Å². The summed E-state index contributed by atoms with van der Waals surface area (Å²) in [5.41, 5.74) is 13.4. The topological polar surface area (TPSA) is 35.2 Å². The number of aromatic nitrogens is 3. The van der Waals surface area contributed by atoms with Crippen LogP contribution in [-0.4, -0.2) is 14.1 Å². The second kappa shape index (κ2) is 17.4. The van der Waals surface area contributed by atoms with Crippen molar-refractivity contribution < 1.29 is 6.11 Å². The summed E-state index contributed by atoms with van der Waals surface area (Å²) >= 11 is 0. The number of para-hydroxylation sites is 3. The molecular weight excluding hydrogens is 901 g/mol. The Morgan fingerprint density at radius 2 is 1.09 bits per heavy atom. The predicted molar refractivity (Wildman–Crippen MR) is 315 cm³/mol. The lowest BCUT2D eigenvalue weighted by molar-refractivity contribution is 0.483. The zero-order chi connectivity index (χ0) is 52.3. The number of hydrogen-bond acceptors (Lipinski definition) is 3. The van der Waals surface area contributed by atoms with Crippen LogP contribution in [0, 0.1) is 0 Å². The van der Waals surface area contributed by atoms with Gasteiger partial charge in [0, 0.05) is 52.5 Å². The molecule has 368 valence electrons. The molecule has 3 aromatic heterocycles. The van der Waals surface area contributed by atoms with Crippen LogP contribution >= 0.6 is 0 Å². The van der Waals surface area contributed by atoms with Crippen molar-refractivity contribution >= 4 is 76.5 Å². The standard InChI is InChI=1S/C69H66N4O/c1-43(2)44-35-45(37-48(36-44)69(9,10)11)52-24-17-25-58-53-21-12-13-22-54(53)60-38-46(67(3,4)5)29-31-55(60)59-26-18-28-62-66(59)72(65(52)58)42-71(62)49-19-16-20-50(40-49)74-51-30-32-57-56-23-14-15-27-61(56)73(63(57)41-51)64-39-47(33-34-70-64)68(6,7)8/h12-41,43H,42H2,1-11H3/i43D. The Hall–Kier alpha value is -7.89. The number of benzene rings is 8. The van der Waals surface area contributed by atoms with Crippen molar-refractivity contribution in [3.8, 4) is 28.4 Å². The van der Waals surface area contributed by atoms with Gasteiger partial charge in [-0.05, 0) is 126 Å². The van der Waals surface area contributed by atoms with Crippen LogP contribution in [0.4, 0.5) is 11.4 Å². The Bertz CT molecular complexity index is 4150. The normalized spacial score (nSPS) is 13.4. The molecule has 12 rings (SSSR count). The second-order valence-electron chi connectivity index (χ2n) is 23.8. The van der Waals surface area contributed by atoms with Gasteiger partial charge in [0.05, 0.1) is 27.8 Å². The van der Waals surface area contributed by atoms with E-state index in [1.54, 1.807) is 0 Å². The minimum Gasteiger partial charge on any atom is -0.457 e. The lowest BCUT2D eigenvalue weighted by Gasteiger charge is -2.23. The highest BCUT2D eigenvalue weighted by molar-refractivity contribution is 6.22. The van der Waals surface area contributed by atoms with Crippen molar-refractivity contribution in [2.45, 2.75) is 105 Å². The van der Waals surface area contributed by atoms with Gasteiger partial charge in [-0.3, -0.25) is 4.57 Å². The fourth-order valence-corrected chi connectivity index (χ4v) is 11.3. The van der Waals surface area contributed by atoms with Gasteiger partial charge in [0.1, 0.15) is 24.0 Å². The van der Waals surface area contributed by atoms with E-state index in [0.717, 1.165) is 78.2 Å². The minimum absolute atomic E-state index is 0.0284. The molecule has 1 aliphatic heterocycles. The van der Waals surface area contributed by atoms with Crippen LogP contribution in [-0.2, 0) is 22.9 Å². The van der Waals surface area contributed by atoms with Gasteiger partial charge in [-0.2, -0.15) is 0 Å². The quantitative estimate of drug-likeness (QED) is 0.167. The number of fused-ring (bicyclic) bond motifs is 10. The number of pyridine rings is 1. The SMILES string of the molecule is [2H]C(C)(C)c1cc(-c2cccc3c4ccccc4c4cc(C(C)(C)C)ccc4c4cccc5c4n(c23)CN5c2cccc(Oc3ccc4c5ccccc5n(-c5cc(C(C)(C)C)ccn5)c4c3)c2)cc(C(C)(C)C)c1. The molecule has 4 heterocycles. The summed E-state index contributed by atoms with van der Waals surface area (Å²) in [6.45, 7) is 25.0. The molecule has 0 bridgehead atoms. The first-order chi connectivity index (χ1) is 35.7. The van der Waals surface area contributed by atoms with E-state index in [9.17, 15) is 1.37 Å². The van der Waals surface area contributed by atoms with E-state index >= 15 is 0 Å². The van der Waals surface area contributed by atoms with Crippen LogP contribution in [0.25, 0.3) is 82.1 Å². The Morgan fingerprint density at radius 3 is 1.84 bits per heavy atom. The van der Waals surface area contributed by atoms with Gasteiger partial charge in [0.15, 0.2) is 0 Å². The van der Waals surface area contributed by atoms with Crippen LogP contribution in [0.2, 0.25) is 0 Å². The van der Waals surface area contributed by atoms with Crippen molar-refractivity contribution in [1.29, 1.82) is 0 Å². The number of ether oxygens (including phenoxy) is 1. The fraction of sp³-hybridized carbons (Fsp3) is 0.232. The van der Waals surface area contributed by atoms with E-state index in [-0.39, 0.29) is 16.2 Å². The maximum Gasteiger partial charge on any atom is 0.137 e. The molecule has 8 aromatic carbocycles. The lowest BCUT2D eigenvalue weighted by atomic mass is 9.82. The highest BCUT2D eigenvalue weighted by Gasteiger charge is 2.27. The van der Waals surface area contributed by atoms with Gasteiger partial charge in [0.25, 0.3) is 0 Å². The van der Waals surface area contributed by atoms with E-state index in [2.05, 4.69) is 252 Å². The third-order valence-corrected chi connectivity index (χ3v) is 15.4. The Kier molecular flexibility index (Phi) is 10.8. The summed E-state index contributed by atoms with van der Waals surface area (Å²) in [6, 6.07) is 64.5. The molecule has 11 aromatic rings. The molecule has 5 heteroatoms. The van der Waals surface area contributed by atoms with E-state index in [1.807, 2.05) is 20.0 Å². The molecule has 0 unspecified atom stereocenters. The maximum absolute atomic E-state index is 9.34. The number of hydrogen-bond donors (Lipinski definition) is 0. The van der Waals surface area contributed by atoms with E-state index < -0.39 is 5.89 Å². The first kappa shape index (κ1) is 45.9. The van der Waals surface area contributed by atoms with Crippen molar-refractivity contribution in [2.75, 3.05) is 4.90 Å². The average Bonchev–Trinajstić information content (AvgIpc) is 3.94. The monoisotopic (exact) mass is 968 g/mol. The molecule has 5 nitrogen and oxygen atoms in total. The third kappa shape index (κ3) is 8.05. The highest BCUT2D eigenvalue weighted by Crippen LogP contribution is 2.46. The van der Waals surface area contributed by atoms with E-state index in [4.69, 9.17) is 9.72 Å². The molecule has 0 saturated heterocycles. The molecule has 1 aliphatic rings. The molecule has 0 radical (unpaired) electrons. The van der Waals surface area contributed by atoms with Gasteiger partial charge < -0.3 is 14.2 Å². The first-order valence-corrected chi connectivity index (χ1v) is 26.2. The smallest absolute Gasteiger partial charge is 0.137 e. The number of nitrogens with zero attached hydrogens (tertiary/aromatic N) is 4. The first-order valence-electron chi connectivity index (χ1n) is 26.7. The summed E-state index contributed by atoms with van der Waals surface area (Å²) in [7, 11) is 0. The Balaban J connectivity index is 1.08. The molecule has 0 spiro atoms. The van der Waals surface area contributed by atoms with Crippen LogP contribution < -0.4 is 9.64 Å². The molecule has 0 fully saturated rings. The van der Waals surface area contributed by atoms with Gasteiger partial charge in [0.2, 0.25) is 0 Å². The highest BCUT2D eigenvalue weighted by atomic mass is 16.5. The third-order valence-electron chi connectivity index (χ3n) is 15.4. The Morgan fingerprint density at radius 1 is 0.486 bits per heavy atom. The predicted octanol–water partition coefficient (Wildman–Crippen LogP) is 19.3. The van der Waals surface area contributed by atoms with Crippen LogP contribution in [0.5, 0.6) is 11.5 Å².